The van der Waals surface area contributed by atoms with E-state index in [1.807, 2.05) is 0 Å². The lowest BCUT2D eigenvalue weighted by Crippen LogP contribution is -2.25. The molecule has 0 unspecified atom stereocenters. The number of hydrogen-bond acceptors (Lipinski definition) is 7. The molecule has 0 amide bonds. The zero-order valence-electron chi connectivity index (χ0n) is 15.2. The van der Waals surface area contributed by atoms with Crippen molar-refractivity contribution in [2.24, 2.45) is 10.2 Å². The van der Waals surface area contributed by atoms with Crippen LogP contribution in [0.3, 0.4) is 0 Å². The molecular weight excluding hydrogens is 379 g/mol. The number of azo groups is 1. The highest BCUT2D eigenvalue weighted by molar-refractivity contribution is 7.15. The molecule has 0 atom stereocenters. The van der Waals surface area contributed by atoms with Crippen LogP contribution in [0.2, 0.25) is 0 Å². The number of benzene rings is 1. The third-order valence-corrected chi connectivity index (χ3v) is 4.62. The number of aromatic nitrogens is 2. The number of alkyl halides is 3. The summed E-state index contributed by atoms with van der Waals surface area (Å²) in [6.45, 7) is 5.94. The molecule has 6 nitrogen and oxygen atoms in total. The molecule has 1 aromatic heterocycles. The molecule has 0 saturated carbocycles. The van der Waals surface area contributed by atoms with E-state index in [0.29, 0.717) is 0 Å². The Morgan fingerprint density at radius 1 is 1.07 bits per heavy atom. The van der Waals surface area contributed by atoms with Crippen LogP contribution in [0.5, 0.6) is 5.75 Å². The summed E-state index contributed by atoms with van der Waals surface area (Å²) >= 11 is 0.273. The van der Waals surface area contributed by atoms with Gasteiger partial charge in [-0.25, -0.2) is 0 Å². The van der Waals surface area contributed by atoms with Crippen molar-refractivity contribution in [3.8, 4) is 5.75 Å². The second kappa shape index (κ2) is 9.63. The molecule has 148 valence electrons. The molecule has 2 rings (SSSR count). The van der Waals surface area contributed by atoms with Crippen LogP contribution >= 0.6 is 11.3 Å². The molecule has 0 spiro atoms. The van der Waals surface area contributed by atoms with Gasteiger partial charge in [0.2, 0.25) is 5.01 Å². The molecule has 27 heavy (non-hydrogen) atoms. The summed E-state index contributed by atoms with van der Waals surface area (Å²) in [4.78, 5) is 2.16. The quantitative estimate of drug-likeness (QED) is 0.524. The van der Waals surface area contributed by atoms with Gasteiger partial charge >= 0.3 is 6.18 Å². The highest BCUT2D eigenvalue weighted by atomic mass is 32.1. The van der Waals surface area contributed by atoms with Crippen LogP contribution in [0.1, 0.15) is 44.5 Å². The van der Waals surface area contributed by atoms with Gasteiger partial charge in [-0.2, -0.15) is 13.2 Å². The fourth-order valence-corrected chi connectivity index (χ4v) is 2.85. The van der Waals surface area contributed by atoms with Gasteiger partial charge in [0.1, 0.15) is 0 Å². The SMILES string of the molecule is CCCCN(CCCC)c1ccc(N=Nc2nnc(C(F)(F)F)s2)c([O-])c1. The van der Waals surface area contributed by atoms with Gasteiger partial charge in [0.25, 0.3) is 5.13 Å². The van der Waals surface area contributed by atoms with Crippen molar-refractivity contribution in [3.05, 3.63) is 23.2 Å². The Morgan fingerprint density at radius 3 is 2.26 bits per heavy atom. The summed E-state index contributed by atoms with van der Waals surface area (Å²) in [5, 5.41) is 24.6. The van der Waals surface area contributed by atoms with E-state index in [0.717, 1.165) is 44.5 Å². The number of anilines is 1. The molecule has 1 heterocycles. The number of nitrogens with zero attached hydrogens (tertiary/aromatic N) is 5. The van der Waals surface area contributed by atoms with E-state index in [-0.39, 0.29) is 27.9 Å². The zero-order chi connectivity index (χ0) is 19.9. The topological polar surface area (TPSA) is 76.8 Å². The molecule has 0 aliphatic heterocycles. The van der Waals surface area contributed by atoms with Crippen molar-refractivity contribution in [1.82, 2.24) is 10.2 Å². The lowest BCUT2D eigenvalue weighted by Gasteiger charge is -2.26. The molecule has 0 fully saturated rings. The van der Waals surface area contributed by atoms with E-state index in [1.54, 1.807) is 6.07 Å². The summed E-state index contributed by atoms with van der Waals surface area (Å²) in [5.74, 6) is -0.338. The third-order valence-electron chi connectivity index (χ3n) is 3.77. The first-order valence-corrected chi connectivity index (χ1v) is 9.55. The summed E-state index contributed by atoms with van der Waals surface area (Å²) in [6, 6.07) is 4.79. The summed E-state index contributed by atoms with van der Waals surface area (Å²) < 4.78 is 37.5. The van der Waals surface area contributed by atoms with Crippen molar-refractivity contribution in [2.45, 2.75) is 45.7 Å². The minimum atomic E-state index is -4.57. The van der Waals surface area contributed by atoms with Crippen LogP contribution in [-0.4, -0.2) is 23.3 Å². The number of rotatable bonds is 9. The maximum absolute atomic E-state index is 12.5. The van der Waals surface area contributed by atoms with E-state index < -0.39 is 11.2 Å². The van der Waals surface area contributed by atoms with Crippen molar-refractivity contribution in [2.75, 3.05) is 18.0 Å². The molecule has 0 aliphatic rings. The Balaban J connectivity index is 2.13. The first kappa shape index (κ1) is 21.1. The van der Waals surface area contributed by atoms with E-state index in [9.17, 15) is 18.3 Å². The number of hydrogen-bond donors (Lipinski definition) is 0. The lowest BCUT2D eigenvalue weighted by atomic mass is 10.2. The second-order valence-corrected chi connectivity index (χ2v) is 6.89. The first-order valence-electron chi connectivity index (χ1n) is 8.73. The van der Waals surface area contributed by atoms with Crippen LogP contribution in [0, 0.1) is 0 Å². The lowest BCUT2D eigenvalue weighted by molar-refractivity contribution is -0.267. The summed E-state index contributed by atoms with van der Waals surface area (Å²) in [6.07, 6.45) is -0.408. The molecule has 0 saturated heterocycles. The van der Waals surface area contributed by atoms with Gasteiger partial charge in [-0.3, -0.25) is 0 Å². The fraction of sp³-hybridized carbons (Fsp3) is 0.529. The largest absolute Gasteiger partial charge is 0.871 e. The van der Waals surface area contributed by atoms with Gasteiger partial charge in [0.05, 0.1) is 5.69 Å². The van der Waals surface area contributed by atoms with Gasteiger partial charge in [-0.05, 0) is 31.0 Å². The molecule has 1 aromatic carbocycles. The van der Waals surface area contributed by atoms with Gasteiger partial charge in [0.15, 0.2) is 0 Å². The summed E-state index contributed by atoms with van der Waals surface area (Å²) in [5.41, 5.74) is 0.865. The first-order chi connectivity index (χ1) is 12.8. The fourth-order valence-electron chi connectivity index (χ4n) is 2.32. The maximum Gasteiger partial charge on any atom is 0.445 e. The minimum Gasteiger partial charge on any atom is -0.871 e. The normalized spacial score (nSPS) is 12.0. The Bertz CT molecular complexity index is 755. The highest BCUT2D eigenvalue weighted by Crippen LogP contribution is 2.35. The van der Waals surface area contributed by atoms with Crippen LogP contribution in [0.15, 0.2) is 28.4 Å². The van der Waals surface area contributed by atoms with E-state index in [4.69, 9.17) is 0 Å². The number of unbranched alkanes of at least 4 members (excludes halogenated alkanes) is 2. The van der Waals surface area contributed by atoms with Gasteiger partial charge in [-0.15, -0.1) is 20.4 Å². The van der Waals surface area contributed by atoms with E-state index in [1.165, 1.54) is 12.1 Å². The summed E-state index contributed by atoms with van der Waals surface area (Å²) in [7, 11) is 0. The average molecular weight is 400 g/mol. The Hall–Kier alpha value is -2.23. The molecule has 0 radical (unpaired) electrons. The van der Waals surface area contributed by atoms with Crippen molar-refractivity contribution in [1.29, 1.82) is 0 Å². The molecule has 2 aromatic rings. The Morgan fingerprint density at radius 2 is 1.74 bits per heavy atom. The van der Waals surface area contributed by atoms with Crippen LogP contribution in [0.4, 0.5) is 29.7 Å². The maximum atomic E-state index is 12.5. The minimum absolute atomic E-state index is 0.0495. The third kappa shape index (κ3) is 6.16. The van der Waals surface area contributed by atoms with Gasteiger partial charge in [0, 0.05) is 18.8 Å². The standard InChI is InChI=1S/C17H22F3N5OS/c1-3-5-9-25(10-6-4-2)12-7-8-13(14(26)11-12)21-23-16-24-22-15(27-16)17(18,19)20/h7-8,11,26H,3-6,9-10H2,1-2H3/p-1. The van der Waals surface area contributed by atoms with Crippen LogP contribution < -0.4 is 10.0 Å². The van der Waals surface area contributed by atoms with Crippen LogP contribution in [0.25, 0.3) is 0 Å². The van der Waals surface area contributed by atoms with Gasteiger partial charge in [-0.1, -0.05) is 43.8 Å². The Labute approximate surface area is 159 Å². The molecule has 10 heteroatoms. The molecule has 0 N–H and O–H groups in total. The van der Waals surface area contributed by atoms with Crippen molar-refractivity contribution >= 4 is 27.8 Å². The molecule has 0 aliphatic carbocycles. The average Bonchev–Trinajstić information content (AvgIpc) is 3.10. The van der Waals surface area contributed by atoms with Crippen molar-refractivity contribution in [3.63, 3.8) is 0 Å². The van der Waals surface area contributed by atoms with Crippen molar-refractivity contribution < 1.29 is 18.3 Å². The molecule has 0 bridgehead atoms. The van der Waals surface area contributed by atoms with E-state index >= 15 is 0 Å². The smallest absolute Gasteiger partial charge is 0.445 e. The number of halogens is 3. The predicted molar refractivity (Wildman–Crippen MR) is 97.0 cm³/mol. The zero-order valence-corrected chi connectivity index (χ0v) is 16.0. The Kier molecular flexibility index (Phi) is 7.52. The highest BCUT2D eigenvalue weighted by Gasteiger charge is 2.35. The van der Waals surface area contributed by atoms with Crippen LogP contribution in [-0.2, 0) is 6.18 Å². The molecular formula is C17H21F3N5OS-. The second-order valence-electron chi connectivity index (χ2n) is 5.93. The van der Waals surface area contributed by atoms with E-state index in [2.05, 4.69) is 39.2 Å². The monoisotopic (exact) mass is 400 g/mol. The predicted octanol–water partition coefficient (Wildman–Crippen LogP) is 5.45. The van der Waals surface area contributed by atoms with Gasteiger partial charge < -0.3 is 10.0 Å².